The van der Waals surface area contributed by atoms with Crippen LogP contribution in [0.1, 0.15) is 25.3 Å². The van der Waals surface area contributed by atoms with E-state index in [4.69, 9.17) is 0 Å². The molecule has 0 N–H and O–H groups in total. The minimum atomic E-state index is 0. The average molecular weight is 285 g/mol. The van der Waals surface area contributed by atoms with E-state index in [-0.39, 0.29) is 51.0 Å². The predicted octanol–water partition coefficient (Wildman–Crippen LogP) is 3.59. The summed E-state index contributed by atoms with van der Waals surface area (Å²) in [5, 5.41) is 0. The first kappa shape index (κ1) is 18.6. The van der Waals surface area contributed by atoms with Crippen LogP contribution in [-0.4, -0.2) is 0 Å². The fraction of sp³-hybridized carbons (Fsp3) is 0.444. The van der Waals surface area contributed by atoms with Crippen molar-refractivity contribution in [3.8, 4) is 0 Å². The van der Waals surface area contributed by atoms with Crippen LogP contribution < -0.4 is 0 Å². The molecule has 70 valence electrons. The summed E-state index contributed by atoms with van der Waals surface area (Å²) in [4.78, 5) is 0. The van der Waals surface area contributed by atoms with Crippen molar-refractivity contribution in [2.45, 2.75) is 26.2 Å². The molecule has 0 amide bonds. The molecule has 0 aliphatic carbocycles. The monoisotopic (exact) mass is 283 g/mol. The van der Waals surface area contributed by atoms with Gasteiger partial charge in [0.25, 0.3) is 0 Å². The first-order valence-corrected chi connectivity index (χ1v) is 3.64. The zero-order chi connectivity index (χ0) is 6.53. The fourth-order valence-electron chi connectivity index (χ4n) is 0.961. The number of hydrogen-bond donors (Lipinski definition) is 0. The van der Waals surface area contributed by atoms with Crippen LogP contribution in [0.5, 0.6) is 0 Å². The van der Waals surface area contributed by atoms with Crippen LogP contribution in [0.3, 0.4) is 0 Å². The van der Waals surface area contributed by atoms with Crippen molar-refractivity contribution in [3.63, 3.8) is 0 Å². The van der Waals surface area contributed by atoms with Crippen LogP contribution in [0.15, 0.2) is 24.3 Å². The molecule has 0 aromatic heterocycles. The van der Waals surface area contributed by atoms with E-state index in [0.29, 0.717) is 0 Å². The number of aryl methyl sites for hydroxylation is 1. The molecule has 0 radical (unpaired) electrons. The Morgan fingerprint density at radius 1 is 1.33 bits per heavy atom. The van der Waals surface area contributed by atoms with Crippen LogP contribution in [0.4, 0.5) is 0 Å². The van der Waals surface area contributed by atoms with Crippen LogP contribution >= 0.6 is 24.8 Å². The third kappa shape index (κ3) is 7.46. The molecular formula is C9H15Cl2Zr-. The molecule has 3 heteroatoms. The van der Waals surface area contributed by atoms with Crippen molar-refractivity contribution in [2.75, 3.05) is 0 Å². The minimum Gasteiger partial charge on any atom is -0.211 e. The summed E-state index contributed by atoms with van der Waals surface area (Å²) in [5.74, 6) is 0. The second-order valence-electron chi connectivity index (χ2n) is 2.40. The second-order valence-corrected chi connectivity index (χ2v) is 2.40. The molecule has 0 aliphatic rings. The van der Waals surface area contributed by atoms with E-state index in [1.807, 2.05) is 0 Å². The largest absolute Gasteiger partial charge is 0.211 e. The molecule has 0 spiro atoms. The normalized spacial score (nSPS) is 7.42. The van der Waals surface area contributed by atoms with Crippen molar-refractivity contribution in [1.29, 1.82) is 0 Å². The Kier molecular flexibility index (Phi) is 18.3. The van der Waals surface area contributed by atoms with Crippen LogP contribution in [0.2, 0.25) is 0 Å². The number of hydrogen-bond acceptors (Lipinski definition) is 0. The van der Waals surface area contributed by atoms with Gasteiger partial charge in [0, 0.05) is 26.2 Å². The Hall–Kier alpha value is 0.813. The van der Waals surface area contributed by atoms with E-state index in [9.17, 15) is 0 Å². The molecule has 0 aliphatic heterocycles. The smallest absolute Gasteiger partial charge is 0 e. The average Bonchev–Trinajstić information content (AvgIpc) is 2.34. The topological polar surface area (TPSA) is 0 Å². The van der Waals surface area contributed by atoms with Crippen molar-refractivity contribution in [3.05, 3.63) is 29.8 Å². The molecular weight excluding hydrogens is 270 g/mol. The second kappa shape index (κ2) is 11.8. The Bertz CT molecular complexity index is 150. The maximum atomic E-state index is 2.23. The number of rotatable bonds is 3. The molecule has 1 rings (SSSR count). The quantitative estimate of drug-likeness (QED) is 0.745. The van der Waals surface area contributed by atoms with Gasteiger partial charge in [-0.3, -0.25) is 0 Å². The van der Waals surface area contributed by atoms with E-state index in [2.05, 4.69) is 31.2 Å². The van der Waals surface area contributed by atoms with Gasteiger partial charge in [0.05, 0.1) is 0 Å². The van der Waals surface area contributed by atoms with Gasteiger partial charge in [0.15, 0.2) is 0 Å². The molecule has 1 aromatic rings. The zero-order valence-corrected chi connectivity index (χ0v) is 11.3. The number of halogens is 2. The van der Waals surface area contributed by atoms with E-state index < -0.39 is 0 Å². The zero-order valence-electron chi connectivity index (χ0n) is 7.25. The summed E-state index contributed by atoms with van der Waals surface area (Å²) in [5.41, 5.74) is 1.48. The molecule has 0 fully saturated rings. The van der Waals surface area contributed by atoms with E-state index in [0.717, 1.165) is 0 Å². The van der Waals surface area contributed by atoms with Gasteiger partial charge in [-0.05, 0) is 0 Å². The SMILES string of the molecule is CCCCc1cc[cH-]c1.Cl.Cl.[Zr]. The minimum absolute atomic E-state index is 0. The van der Waals surface area contributed by atoms with Gasteiger partial charge in [-0.1, -0.05) is 26.2 Å². The van der Waals surface area contributed by atoms with E-state index >= 15 is 0 Å². The Morgan fingerprint density at radius 2 is 2.00 bits per heavy atom. The van der Waals surface area contributed by atoms with Gasteiger partial charge in [0.1, 0.15) is 0 Å². The van der Waals surface area contributed by atoms with Gasteiger partial charge >= 0.3 is 0 Å². The maximum Gasteiger partial charge on any atom is 0 e. The molecule has 0 heterocycles. The molecule has 0 nitrogen and oxygen atoms in total. The summed E-state index contributed by atoms with van der Waals surface area (Å²) in [6, 6.07) is 8.58. The summed E-state index contributed by atoms with van der Waals surface area (Å²) >= 11 is 0. The van der Waals surface area contributed by atoms with Gasteiger partial charge in [-0.2, -0.15) is 23.8 Å². The molecule has 0 unspecified atom stereocenters. The first-order chi connectivity index (χ1) is 4.43. The summed E-state index contributed by atoms with van der Waals surface area (Å²) < 4.78 is 0. The third-order valence-corrected chi connectivity index (χ3v) is 1.55. The molecule has 12 heavy (non-hydrogen) atoms. The van der Waals surface area contributed by atoms with Crippen molar-refractivity contribution in [1.82, 2.24) is 0 Å². The molecule has 0 atom stereocenters. The Balaban J connectivity index is -0.000000270. The van der Waals surface area contributed by atoms with Crippen molar-refractivity contribution < 1.29 is 26.2 Å². The molecule has 0 saturated heterocycles. The van der Waals surface area contributed by atoms with Gasteiger partial charge in [-0.15, -0.1) is 24.8 Å². The summed E-state index contributed by atoms with van der Waals surface area (Å²) in [6.45, 7) is 2.23. The molecule has 1 aromatic carbocycles. The van der Waals surface area contributed by atoms with Crippen LogP contribution in [-0.2, 0) is 32.6 Å². The van der Waals surface area contributed by atoms with Gasteiger partial charge < -0.3 is 0 Å². The van der Waals surface area contributed by atoms with Crippen molar-refractivity contribution >= 4 is 24.8 Å². The van der Waals surface area contributed by atoms with E-state index in [1.54, 1.807) is 0 Å². The standard InChI is InChI=1S/C9H13.2ClH.Zr/c1-2-3-6-9-7-4-5-8-9;;;/h4-5,7-8H,2-3,6H2,1H3;2*1H;/q-1;;;. The van der Waals surface area contributed by atoms with Crippen molar-refractivity contribution in [2.24, 2.45) is 0 Å². The van der Waals surface area contributed by atoms with E-state index in [1.165, 1.54) is 24.8 Å². The number of unbranched alkanes of at least 4 members (excludes halogenated alkanes) is 1. The first-order valence-electron chi connectivity index (χ1n) is 3.64. The predicted molar refractivity (Wildman–Crippen MR) is 55.1 cm³/mol. The van der Waals surface area contributed by atoms with Gasteiger partial charge in [-0.25, -0.2) is 6.07 Å². The van der Waals surface area contributed by atoms with Crippen LogP contribution in [0, 0.1) is 0 Å². The summed E-state index contributed by atoms with van der Waals surface area (Å²) in [7, 11) is 0. The van der Waals surface area contributed by atoms with Gasteiger partial charge in [0.2, 0.25) is 0 Å². The summed E-state index contributed by atoms with van der Waals surface area (Å²) in [6.07, 6.45) is 3.87. The van der Waals surface area contributed by atoms with Crippen LogP contribution in [0.25, 0.3) is 0 Å². The molecule has 0 bridgehead atoms. The third-order valence-electron chi connectivity index (χ3n) is 1.55. The Morgan fingerprint density at radius 3 is 2.42 bits per heavy atom. The fourth-order valence-corrected chi connectivity index (χ4v) is 0.961. The maximum absolute atomic E-state index is 2.23. The Labute approximate surface area is 106 Å². The molecule has 0 saturated carbocycles.